The van der Waals surface area contributed by atoms with Crippen LogP contribution < -0.4 is 0 Å². The van der Waals surface area contributed by atoms with E-state index in [1.807, 2.05) is 19.1 Å². The Morgan fingerprint density at radius 1 is 1.19 bits per heavy atom. The summed E-state index contributed by atoms with van der Waals surface area (Å²) in [4.78, 5) is 21.1. The third-order valence-electron chi connectivity index (χ3n) is 4.51. The predicted molar refractivity (Wildman–Crippen MR) is 131 cm³/mol. The Kier molecular flexibility index (Phi) is 6.57. The Bertz CT molecular complexity index is 1280. The average Bonchev–Trinajstić information content (AvgIpc) is 3.28. The van der Waals surface area contributed by atoms with Crippen molar-refractivity contribution in [3.05, 3.63) is 64.2 Å². The van der Waals surface area contributed by atoms with Crippen molar-refractivity contribution in [2.45, 2.75) is 30.2 Å². The van der Waals surface area contributed by atoms with E-state index >= 15 is 0 Å². The number of carboxylic acid groups (broad SMARTS) is 1. The molecular formula is C22H18Cl2N4O2S2. The van der Waals surface area contributed by atoms with E-state index in [1.54, 1.807) is 47.0 Å². The Balaban J connectivity index is 1.91. The van der Waals surface area contributed by atoms with Crippen molar-refractivity contribution in [1.29, 1.82) is 0 Å². The Labute approximate surface area is 203 Å². The fourth-order valence-electron chi connectivity index (χ4n) is 3.25. The van der Waals surface area contributed by atoms with Gasteiger partial charge in [-0.3, -0.25) is 4.98 Å². The molecular weight excluding hydrogens is 487 g/mol. The smallest absolute Gasteiger partial charge is 0.357 e. The van der Waals surface area contributed by atoms with Crippen LogP contribution in [0.25, 0.3) is 27.5 Å². The van der Waals surface area contributed by atoms with Gasteiger partial charge in [-0.2, -0.15) is 5.10 Å². The number of aromatic carboxylic acids is 1. The second kappa shape index (κ2) is 9.23. The second-order valence-corrected chi connectivity index (χ2v) is 10.9. The molecule has 0 saturated heterocycles. The van der Waals surface area contributed by atoms with Gasteiger partial charge >= 0.3 is 5.97 Å². The van der Waals surface area contributed by atoms with Crippen molar-refractivity contribution >= 4 is 52.3 Å². The molecule has 6 nitrogen and oxygen atoms in total. The molecule has 3 aromatic heterocycles. The van der Waals surface area contributed by atoms with Gasteiger partial charge in [-0.15, -0.1) is 11.8 Å². The molecule has 4 aromatic rings. The number of hydrogen-bond donors (Lipinski definition) is 1. The molecule has 1 N–H and O–H groups in total. The Hall–Kier alpha value is -2.39. The zero-order valence-corrected chi connectivity index (χ0v) is 20.5. The number of aromatic nitrogens is 4. The van der Waals surface area contributed by atoms with Gasteiger partial charge < -0.3 is 5.11 Å². The van der Waals surface area contributed by atoms with E-state index in [2.05, 4.69) is 23.9 Å². The van der Waals surface area contributed by atoms with E-state index in [9.17, 15) is 9.90 Å². The molecule has 32 heavy (non-hydrogen) atoms. The largest absolute Gasteiger partial charge is 0.476 e. The van der Waals surface area contributed by atoms with Crippen LogP contribution in [0.2, 0.25) is 10.0 Å². The van der Waals surface area contributed by atoms with Gasteiger partial charge in [0.2, 0.25) is 5.13 Å². The summed E-state index contributed by atoms with van der Waals surface area (Å²) in [5, 5.41) is 16.0. The van der Waals surface area contributed by atoms with E-state index in [4.69, 9.17) is 28.2 Å². The number of thiazole rings is 1. The van der Waals surface area contributed by atoms with E-state index in [0.717, 1.165) is 15.5 Å². The number of benzene rings is 1. The maximum Gasteiger partial charge on any atom is 0.357 e. The van der Waals surface area contributed by atoms with Crippen LogP contribution in [0.4, 0.5) is 0 Å². The molecule has 4 rings (SSSR count). The molecule has 0 aliphatic rings. The molecule has 0 aliphatic heterocycles. The number of thioether (sulfide) groups is 1. The number of nitrogens with zero attached hydrogens (tertiary/aromatic N) is 4. The number of rotatable bonds is 6. The third kappa shape index (κ3) is 4.54. The van der Waals surface area contributed by atoms with Crippen LogP contribution in [0.1, 0.15) is 30.0 Å². The molecule has 0 amide bonds. The number of halogens is 2. The van der Waals surface area contributed by atoms with Crippen LogP contribution >= 0.6 is 46.3 Å². The summed E-state index contributed by atoms with van der Waals surface area (Å²) >= 11 is 15.5. The Morgan fingerprint density at radius 2 is 1.91 bits per heavy atom. The first kappa shape index (κ1) is 22.8. The zero-order chi connectivity index (χ0) is 23.0. The van der Waals surface area contributed by atoms with Crippen LogP contribution in [0, 0.1) is 6.92 Å². The number of carboxylic acids is 1. The average molecular weight is 505 g/mol. The molecule has 3 heterocycles. The van der Waals surface area contributed by atoms with Crippen LogP contribution in [0.3, 0.4) is 0 Å². The topological polar surface area (TPSA) is 80.9 Å². The molecule has 0 unspecified atom stereocenters. The second-order valence-electron chi connectivity index (χ2n) is 7.22. The first-order valence-electron chi connectivity index (χ1n) is 9.62. The van der Waals surface area contributed by atoms with Crippen molar-refractivity contribution in [2.24, 2.45) is 0 Å². The lowest BCUT2D eigenvalue weighted by molar-refractivity contribution is 0.0691. The molecule has 164 valence electrons. The van der Waals surface area contributed by atoms with Crippen LogP contribution in [0.5, 0.6) is 0 Å². The number of hydrogen-bond acceptors (Lipinski definition) is 6. The molecule has 0 bridgehead atoms. The predicted octanol–water partition coefficient (Wildman–Crippen LogP) is 6.87. The minimum atomic E-state index is -1.14. The van der Waals surface area contributed by atoms with E-state index in [0.29, 0.717) is 37.2 Å². The summed E-state index contributed by atoms with van der Waals surface area (Å²) in [6, 6.07) is 8.77. The molecule has 0 radical (unpaired) electrons. The van der Waals surface area contributed by atoms with E-state index in [1.165, 1.54) is 11.3 Å². The molecule has 0 atom stereocenters. The van der Waals surface area contributed by atoms with Crippen molar-refractivity contribution < 1.29 is 9.90 Å². The monoisotopic (exact) mass is 504 g/mol. The van der Waals surface area contributed by atoms with Gasteiger partial charge in [0, 0.05) is 38.8 Å². The summed E-state index contributed by atoms with van der Waals surface area (Å²) in [6.07, 6.45) is 3.48. The van der Waals surface area contributed by atoms with Gasteiger partial charge in [-0.25, -0.2) is 14.5 Å². The van der Waals surface area contributed by atoms with Gasteiger partial charge in [0.05, 0.1) is 15.6 Å². The number of pyridine rings is 1. The molecule has 0 aliphatic carbocycles. The fourth-order valence-corrected chi connectivity index (χ4v) is 6.30. The summed E-state index contributed by atoms with van der Waals surface area (Å²) in [5.41, 5.74) is 3.28. The third-order valence-corrected chi connectivity index (χ3v) is 7.19. The highest BCUT2D eigenvalue weighted by Crippen LogP contribution is 2.41. The summed E-state index contributed by atoms with van der Waals surface area (Å²) in [5.74, 6) is -1.14. The number of carbonyl (C=O) groups is 1. The van der Waals surface area contributed by atoms with Crippen LogP contribution in [0.15, 0.2) is 46.9 Å². The van der Waals surface area contributed by atoms with Gasteiger partial charge in [0.15, 0.2) is 5.69 Å². The lowest BCUT2D eigenvalue weighted by Crippen LogP contribution is -2.02. The minimum absolute atomic E-state index is 0.0861. The SMILES string of the molecule is Cc1c(-c2cc(Cl)cc(Cl)c2)c(C(=O)O)nn1-c1nc(-c2cccnc2)c(SC(C)C)s1. The van der Waals surface area contributed by atoms with Gasteiger partial charge in [0.25, 0.3) is 0 Å². The fraction of sp³-hybridized carbons (Fsp3) is 0.182. The highest BCUT2D eigenvalue weighted by Gasteiger charge is 2.25. The molecule has 1 aromatic carbocycles. The highest BCUT2D eigenvalue weighted by molar-refractivity contribution is 8.01. The highest BCUT2D eigenvalue weighted by atomic mass is 35.5. The summed E-state index contributed by atoms with van der Waals surface area (Å²) in [6.45, 7) is 6.03. The first-order valence-corrected chi connectivity index (χ1v) is 12.1. The molecule has 0 spiro atoms. The molecule has 0 saturated carbocycles. The lowest BCUT2D eigenvalue weighted by atomic mass is 10.0. The standard InChI is InChI=1S/C22H18Cl2N4O2S2/c1-11(2)31-21-18(13-5-4-6-25-10-13)26-22(32-21)28-12(3)17(19(27-28)20(29)30)14-7-15(23)9-16(24)8-14/h4-11H,1-3H3,(H,29,30). The van der Waals surface area contributed by atoms with E-state index in [-0.39, 0.29) is 5.69 Å². The maximum absolute atomic E-state index is 12.0. The van der Waals surface area contributed by atoms with E-state index < -0.39 is 5.97 Å². The van der Waals surface area contributed by atoms with Crippen molar-refractivity contribution in [2.75, 3.05) is 0 Å². The summed E-state index contributed by atoms with van der Waals surface area (Å²) in [7, 11) is 0. The van der Waals surface area contributed by atoms with Crippen molar-refractivity contribution in [3.8, 4) is 27.5 Å². The zero-order valence-electron chi connectivity index (χ0n) is 17.3. The van der Waals surface area contributed by atoms with Crippen LogP contribution in [-0.2, 0) is 0 Å². The normalized spacial score (nSPS) is 11.3. The molecule has 10 heteroatoms. The first-order chi connectivity index (χ1) is 15.2. The van der Waals surface area contributed by atoms with Gasteiger partial charge in [-0.1, -0.05) is 48.4 Å². The van der Waals surface area contributed by atoms with Crippen LogP contribution in [-0.4, -0.2) is 36.1 Å². The minimum Gasteiger partial charge on any atom is -0.476 e. The van der Waals surface area contributed by atoms with Crippen molar-refractivity contribution in [1.82, 2.24) is 19.7 Å². The van der Waals surface area contributed by atoms with Gasteiger partial charge in [-0.05, 0) is 42.8 Å². The van der Waals surface area contributed by atoms with Crippen molar-refractivity contribution in [3.63, 3.8) is 0 Å². The lowest BCUT2D eigenvalue weighted by Gasteiger charge is -2.05. The Morgan fingerprint density at radius 3 is 2.50 bits per heavy atom. The quantitative estimate of drug-likeness (QED) is 0.288. The van der Waals surface area contributed by atoms with Gasteiger partial charge in [0.1, 0.15) is 0 Å². The maximum atomic E-state index is 12.0. The molecule has 0 fully saturated rings. The summed E-state index contributed by atoms with van der Waals surface area (Å²) < 4.78 is 2.59.